The second-order valence-corrected chi connectivity index (χ2v) is 6.88. The number of hydrogen-bond donors (Lipinski definition) is 2. The lowest BCUT2D eigenvalue weighted by Gasteiger charge is -2.26. The Morgan fingerprint density at radius 1 is 1.42 bits per heavy atom. The van der Waals surface area contributed by atoms with Crippen LogP contribution in [0.1, 0.15) is 12.5 Å². The van der Waals surface area contributed by atoms with Gasteiger partial charge in [-0.05, 0) is 37.1 Å². The molecule has 26 heavy (non-hydrogen) atoms. The maximum absolute atomic E-state index is 12.3. The number of aromatic nitrogens is 1. The molecule has 0 saturated carbocycles. The van der Waals surface area contributed by atoms with Crippen LogP contribution in [0.5, 0.6) is 5.75 Å². The fourth-order valence-corrected chi connectivity index (χ4v) is 3.47. The summed E-state index contributed by atoms with van der Waals surface area (Å²) in [5, 5.41) is 6.94. The van der Waals surface area contributed by atoms with Gasteiger partial charge in [0.05, 0.1) is 20.2 Å². The Balaban J connectivity index is 1.62. The van der Waals surface area contributed by atoms with Crippen LogP contribution in [0, 0.1) is 0 Å². The topological polar surface area (TPSA) is 75.6 Å². The molecule has 1 atom stereocenters. The predicted molar refractivity (Wildman–Crippen MR) is 100 cm³/mol. The highest BCUT2D eigenvalue weighted by molar-refractivity contribution is 5.86. The summed E-state index contributed by atoms with van der Waals surface area (Å²) in [7, 11) is 3.68. The maximum atomic E-state index is 12.3. The van der Waals surface area contributed by atoms with Crippen LogP contribution < -0.4 is 15.4 Å². The van der Waals surface area contributed by atoms with E-state index in [0.29, 0.717) is 13.1 Å². The Hall–Kier alpha value is -2.54. The zero-order chi connectivity index (χ0) is 18.7. The first-order valence-corrected chi connectivity index (χ1v) is 8.86. The van der Waals surface area contributed by atoms with Crippen molar-refractivity contribution in [2.75, 3.05) is 33.3 Å². The Bertz CT molecular complexity index is 814. The van der Waals surface area contributed by atoms with Gasteiger partial charge in [0.2, 0.25) is 11.8 Å². The Kier molecular flexibility index (Phi) is 5.46. The molecule has 2 aromatic rings. The summed E-state index contributed by atoms with van der Waals surface area (Å²) >= 11 is 0. The molecule has 140 valence electrons. The van der Waals surface area contributed by atoms with Gasteiger partial charge in [-0.25, -0.2) is 0 Å². The number of nitrogens with zero attached hydrogens (tertiary/aromatic N) is 2. The summed E-state index contributed by atoms with van der Waals surface area (Å²) < 4.78 is 7.42. The zero-order valence-electron chi connectivity index (χ0n) is 15.5. The number of piperazine rings is 1. The fourth-order valence-electron chi connectivity index (χ4n) is 3.47. The summed E-state index contributed by atoms with van der Waals surface area (Å²) in [6, 6.07) is 6.03. The Labute approximate surface area is 153 Å². The van der Waals surface area contributed by atoms with E-state index in [1.807, 2.05) is 37.1 Å². The van der Waals surface area contributed by atoms with Gasteiger partial charge in [-0.3, -0.25) is 14.5 Å². The molecule has 0 spiro atoms. The number of aryl methyl sites for hydroxylation is 1. The van der Waals surface area contributed by atoms with E-state index in [1.54, 1.807) is 7.11 Å². The average molecular weight is 358 g/mol. The number of methoxy groups -OCH3 is 1. The molecule has 1 aromatic carbocycles. The minimum atomic E-state index is -0.0509. The summed E-state index contributed by atoms with van der Waals surface area (Å²) in [6.07, 6.45) is 2.83. The summed E-state index contributed by atoms with van der Waals surface area (Å²) in [6.45, 7) is 3.84. The van der Waals surface area contributed by atoms with E-state index < -0.39 is 0 Å². The van der Waals surface area contributed by atoms with Gasteiger partial charge in [-0.2, -0.15) is 0 Å². The minimum absolute atomic E-state index is 0.00193. The van der Waals surface area contributed by atoms with Gasteiger partial charge < -0.3 is 19.9 Å². The smallest absolute Gasteiger partial charge is 0.234 e. The molecule has 7 heteroatoms. The maximum Gasteiger partial charge on any atom is 0.234 e. The number of amides is 2. The van der Waals surface area contributed by atoms with Crippen LogP contribution in [0.4, 0.5) is 0 Å². The van der Waals surface area contributed by atoms with Gasteiger partial charge in [-0.1, -0.05) is 0 Å². The van der Waals surface area contributed by atoms with Gasteiger partial charge in [0.15, 0.2) is 0 Å². The van der Waals surface area contributed by atoms with Crippen molar-refractivity contribution in [2.45, 2.75) is 19.4 Å². The van der Waals surface area contributed by atoms with E-state index >= 15 is 0 Å². The molecule has 0 aliphatic carbocycles. The molecule has 1 aliphatic heterocycles. The lowest BCUT2D eigenvalue weighted by Crippen LogP contribution is -2.51. The third-order valence-corrected chi connectivity index (χ3v) is 4.70. The summed E-state index contributed by atoms with van der Waals surface area (Å²) in [4.78, 5) is 25.5. The minimum Gasteiger partial charge on any atom is -0.497 e. The monoisotopic (exact) mass is 358 g/mol. The Morgan fingerprint density at radius 3 is 2.96 bits per heavy atom. The molecule has 3 rings (SSSR count). The third-order valence-electron chi connectivity index (χ3n) is 4.70. The van der Waals surface area contributed by atoms with Crippen molar-refractivity contribution in [3.05, 3.63) is 30.0 Å². The van der Waals surface area contributed by atoms with Crippen molar-refractivity contribution >= 4 is 22.7 Å². The van der Waals surface area contributed by atoms with Crippen LogP contribution in [-0.4, -0.2) is 60.6 Å². The molecule has 2 N–H and O–H groups in total. The van der Waals surface area contributed by atoms with Crippen LogP contribution in [0.25, 0.3) is 10.9 Å². The SMILES string of the molecule is COc1ccc2c(c1)c(C[C@H](C)NC(=O)CN1CCNC(=O)C1)cn2C. The van der Waals surface area contributed by atoms with E-state index in [9.17, 15) is 9.59 Å². The molecular formula is C19H26N4O3. The number of ether oxygens (including phenoxy) is 1. The van der Waals surface area contributed by atoms with E-state index in [1.165, 1.54) is 5.56 Å². The lowest BCUT2D eigenvalue weighted by atomic mass is 10.1. The second kappa shape index (κ2) is 7.78. The molecular weight excluding hydrogens is 332 g/mol. The van der Waals surface area contributed by atoms with E-state index in [0.717, 1.165) is 23.1 Å². The second-order valence-electron chi connectivity index (χ2n) is 6.88. The average Bonchev–Trinajstić information content (AvgIpc) is 2.89. The number of rotatable bonds is 6. The molecule has 1 fully saturated rings. The highest BCUT2D eigenvalue weighted by Crippen LogP contribution is 2.26. The zero-order valence-corrected chi connectivity index (χ0v) is 15.5. The number of carbonyl (C=O) groups is 2. The summed E-state index contributed by atoms with van der Waals surface area (Å²) in [5.74, 6) is 0.747. The van der Waals surface area contributed by atoms with Crippen LogP contribution in [0.2, 0.25) is 0 Å². The number of hydrogen-bond acceptors (Lipinski definition) is 4. The molecule has 2 heterocycles. The highest BCUT2D eigenvalue weighted by atomic mass is 16.5. The lowest BCUT2D eigenvalue weighted by molar-refractivity contribution is -0.127. The van der Waals surface area contributed by atoms with Crippen LogP contribution in [-0.2, 0) is 23.1 Å². The van der Waals surface area contributed by atoms with E-state index in [4.69, 9.17) is 4.74 Å². The van der Waals surface area contributed by atoms with Gasteiger partial charge in [-0.15, -0.1) is 0 Å². The highest BCUT2D eigenvalue weighted by Gasteiger charge is 2.20. The van der Waals surface area contributed by atoms with Crippen molar-refractivity contribution < 1.29 is 14.3 Å². The largest absolute Gasteiger partial charge is 0.497 e. The van der Waals surface area contributed by atoms with Crippen molar-refractivity contribution in [2.24, 2.45) is 7.05 Å². The van der Waals surface area contributed by atoms with Gasteiger partial charge in [0.25, 0.3) is 0 Å². The third kappa shape index (κ3) is 4.16. The quantitative estimate of drug-likeness (QED) is 0.796. The van der Waals surface area contributed by atoms with E-state index in [2.05, 4.69) is 21.4 Å². The Morgan fingerprint density at radius 2 is 2.23 bits per heavy atom. The molecule has 1 aliphatic rings. The summed E-state index contributed by atoms with van der Waals surface area (Å²) in [5.41, 5.74) is 2.31. The number of carbonyl (C=O) groups excluding carboxylic acids is 2. The first-order valence-electron chi connectivity index (χ1n) is 8.86. The van der Waals surface area contributed by atoms with Crippen LogP contribution in [0.15, 0.2) is 24.4 Å². The van der Waals surface area contributed by atoms with Crippen molar-refractivity contribution in [1.29, 1.82) is 0 Å². The molecule has 0 bridgehead atoms. The van der Waals surface area contributed by atoms with Crippen LogP contribution >= 0.6 is 0 Å². The molecule has 2 amide bonds. The van der Waals surface area contributed by atoms with Gasteiger partial charge in [0, 0.05) is 43.3 Å². The van der Waals surface area contributed by atoms with Crippen molar-refractivity contribution in [3.63, 3.8) is 0 Å². The molecule has 0 unspecified atom stereocenters. The number of fused-ring (bicyclic) bond motifs is 1. The predicted octanol–water partition coefficient (Wildman–Crippen LogP) is 0.666. The van der Waals surface area contributed by atoms with Crippen molar-refractivity contribution in [3.8, 4) is 5.75 Å². The van der Waals surface area contributed by atoms with Gasteiger partial charge >= 0.3 is 0 Å². The normalized spacial score (nSPS) is 16.3. The van der Waals surface area contributed by atoms with Crippen molar-refractivity contribution in [1.82, 2.24) is 20.1 Å². The molecule has 0 radical (unpaired) electrons. The number of benzene rings is 1. The number of nitrogens with one attached hydrogen (secondary N) is 2. The van der Waals surface area contributed by atoms with E-state index in [-0.39, 0.29) is 30.9 Å². The first kappa shape index (κ1) is 18.3. The molecule has 1 aromatic heterocycles. The molecule has 1 saturated heterocycles. The van der Waals surface area contributed by atoms with Gasteiger partial charge in [0.1, 0.15) is 5.75 Å². The first-order chi connectivity index (χ1) is 12.5. The fraction of sp³-hybridized carbons (Fsp3) is 0.474. The van der Waals surface area contributed by atoms with Crippen LogP contribution in [0.3, 0.4) is 0 Å². The molecule has 7 nitrogen and oxygen atoms in total. The standard InChI is InChI=1S/C19H26N4O3/c1-13(21-19(25)12-23-7-6-20-18(24)11-23)8-14-10-22(2)17-5-4-15(26-3)9-16(14)17/h4-5,9-10,13H,6-8,11-12H2,1-3H3,(H,20,24)(H,21,25)/t13-/m0/s1.